The van der Waals surface area contributed by atoms with Crippen LogP contribution in [0.15, 0.2) is 23.1 Å². The first-order valence-corrected chi connectivity index (χ1v) is 7.23. The molecule has 0 saturated heterocycles. The molecule has 3 nitrogen and oxygen atoms in total. The maximum absolute atomic E-state index is 12.2. The fourth-order valence-electron chi connectivity index (χ4n) is 1.29. The molecule has 18 heavy (non-hydrogen) atoms. The standard InChI is InChI=1S/C10H11Cl2F2NO2S/c1-15(6-10(13)14)18(16,17)9-4-7(5-11)2-3-8(9)12/h2-4,10H,5-6H2,1H3. The minimum Gasteiger partial charge on any atom is -0.209 e. The molecule has 0 atom stereocenters. The molecule has 0 aliphatic rings. The molecule has 0 fully saturated rings. The minimum absolute atomic E-state index is 0.0232. The van der Waals surface area contributed by atoms with E-state index in [1.807, 2.05) is 0 Å². The molecule has 0 N–H and O–H groups in total. The van der Waals surface area contributed by atoms with Gasteiger partial charge in [-0.1, -0.05) is 17.7 Å². The van der Waals surface area contributed by atoms with E-state index in [1.54, 1.807) is 6.07 Å². The molecule has 0 radical (unpaired) electrons. The number of sulfonamides is 1. The average molecular weight is 318 g/mol. The molecule has 0 amide bonds. The molecule has 8 heteroatoms. The van der Waals surface area contributed by atoms with Crippen molar-refractivity contribution in [1.82, 2.24) is 4.31 Å². The van der Waals surface area contributed by atoms with Crippen LogP contribution in [-0.2, 0) is 15.9 Å². The van der Waals surface area contributed by atoms with Crippen molar-refractivity contribution in [2.75, 3.05) is 13.6 Å². The highest BCUT2D eigenvalue weighted by molar-refractivity contribution is 7.89. The van der Waals surface area contributed by atoms with Gasteiger partial charge in [-0.2, -0.15) is 4.31 Å². The third-order valence-electron chi connectivity index (χ3n) is 2.23. The van der Waals surface area contributed by atoms with E-state index in [0.29, 0.717) is 9.87 Å². The third-order valence-corrected chi connectivity index (χ3v) is 4.85. The van der Waals surface area contributed by atoms with Crippen LogP contribution in [0.1, 0.15) is 5.56 Å². The summed E-state index contributed by atoms with van der Waals surface area (Å²) in [7, 11) is -2.96. The van der Waals surface area contributed by atoms with Crippen molar-refractivity contribution in [3.63, 3.8) is 0 Å². The van der Waals surface area contributed by atoms with Crippen LogP contribution in [0.4, 0.5) is 8.78 Å². The lowest BCUT2D eigenvalue weighted by Gasteiger charge is -2.17. The molecule has 1 aromatic carbocycles. The second-order valence-corrected chi connectivity index (χ2v) is 6.26. The van der Waals surface area contributed by atoms with Gasteiger partial charge >= 0.3 is 0 Å². The van der Waals surface area contributed by atoms with Gasteiger partial charge < -0.3 is 0 Å². The summed E-state index contributed by atoms with van der Waals surface area (Å²) in [6, 6.07) is 4.23. The van der Waals surface area contributed by atoms with Crippen molar-refractivity contribution < 1.29 is 17.2 Å². The highest BCUT2D eigenvalue weighted by Gasteiger charge is 2.26. The second-order valence-electron chi connectivity index (χ2n) is 3.58. The van der Waals surface area contributed by atoms with E-state index in [1.165, 1.54) is 12.1 Å². The smallest absolute Gasteiger partial charge is 0.209 e. The van der Waals surface area contributed by atoms with Crippen LogP contribution < -0.4 is 0 Å². The Bertz CT molecular complexity index is 523. The lowest BCUT2D eigenvalue weighted by atomic mass is 10.2. The third kappa shape index (κ3) is 3.54. The summed E-state index contributed by atoms with van der Waals surface area (Å²) < 4.78 is 49.0. The summed E-state index contributed by atoms with van der Waals surface area (Å²) in [4.78, 5) is -0.217. The van der Waals surface area contributed by atoms with Crippen molar-refractivity contribution in [1.29, 1.82) is 0 Å². The van der Waals surface area contributed by atoms with Crippen molar-refractivity contribution in [2.45, 2.75) is 17.2 Å². The molecule has 0 heterocycles. The molecule has 0 saturated carbocycles. The van der Waals surface area contributed by atoms with Gasteiger partial charge in [0.2, 0.25) is 10.0 Å². The van der Waals surface area contributed by atoms with E-state index in [9.17, 15) is 17.2 Å². The minimum atomic E-state index is -4.03. The van der Waals surface area contributed by atoms with Crippen LogP contribution in [0.5, 0.6) is 0 Å². The number of hydrogen-bond acceptors (Lipinski definition) is 2. The first-order chi connectivity index (χ1) is 8.28. The monoisotopic (exact) mass is 317 g/mol. The first kappa shape index (κ1) is 15.6. The highest BCUT2D eigenvalue weighted by Crippen LogP contribution is 2.26. The van der Waals surface area contributed by atoms with Crippen LogP contribution >= 0.6 is 23.2 Å². The zero-order valence-corrected chi connectivity index (χ0v) is 11.7. The molecule has 1 rings (SSSR count). The number of rotatable bonds is 5. The Kier molecular flexibility index (Phi) is 5.33. The molecule has 0 unspecified atom stereocenters. The van der Waals surface area contributed by atoms with E-state index in [-0.39, 0.29) is 15.8 Å². The Morgan fingerprint density at radius 3 is 2.50 bits per heavy atom. The van der Waals surface area contributed by atoms with Crippen LogP contribution in [0.2, 0.25) is 5.02 Å². The lowest BCUT2D eigenvalue weighted by Crippen LogP contribution is -2.31. The fraction of sp³-hybridized carbons (Fsp3) is 0.400. The van der Waals surface area contributed by atoms with Gasteiger partial charge in [0.1, 0.15) is 4.90 Å². The van der Waals surface area contributed by atoms with E-state index < -0.39 is 23.0 Å². The van der Waals surface area contributed by atoms with E-state index in [4.69, 9.17) is 23.2 Å². The topological polar surface area (TPSA) is 37.4 Å². The predicted molar refractivity (Wildman–Crippen MR) is 66.8 cm³/mol. The van der Waals surface area contributed by atoms with Crippen molar-refractivity contribution in [2.24, 2.45) is 0 Å². The van der Waals surface area contributed by atoms with Crippen LogP contribution in [0, 0.1) is 0 Å². The quantitative estimate of drug-likeness (QED) is 0.783. The van der Waals surface area contributed by atoms with Gasteiger partial charge in [-0.3, -0.25) is 0 Å². The number of benzene rings is 1. The molecular weight excluding hydrogens is 307 g/mol. The van der Waals surface area contributed by atoms with E-state index >= 15 is 0 Å². The van der Waals surface area contributed by atoms with Gasteiger partial charge in [0, 0.05) is 12.9 Å². The molecule has 102 valence electrons. The largest absolute Gasteiger partial charge is 0.252 e. The Labute approximate surface area is 114 Å². The zero-order valence-electron chi connectivity index (χ0n) is 9.41. The lowest BCUT2D eigenvalue weighted by molar-refractivity contribution is 0.126. The van der Waals surface area contributed by atoms with Gasteiger partial charge in [-0.25, -0.2) is 17.2 Å². The Balaban J connectivity index is 3.19. The van der Waals surface area contributed by atoms with Gasteiger partial charge in [0.25, 0.3) is 6.43 Å². The normalized spacial score (nSPS) is 12.4. The Hall–Kier alpha value is -0.430. The molecule has 0 aromatic heterocycles. The maximum atomic E-state index is 12.2. The van der Waals surface area contributed by atoms with Gasteiger partial charge in [0.05, 0.1) is 11.6 Å². The Morgan fingerprint density at radius 1 is 1.39 bits per heavy atom. The summed E-state index contributed by atoms with van der Waals surface area (Å²) in [6.07, 6.45) is -2.75. The molecule has 1 aromatic rings. The number of nitrogens with zero attached hydrogens (tertiary/aromatic N) is 1. The summed E-state index contributed by atoms with van der Waals surface area (Å²) in [5.74, 6) is 0.109. The van der Waals surface area contributed by atoms with Gasteiger partial charge in [-0.05, 0) is 17.7 Å². The van der Waals surface area contributed by atoms with Gasteiger partial charge in [0.15, 0.2) is 0 Å². The average Bonchev–Trinajstić information content (AvgIpc) is 2.28. The molecule has 0 bridgehead atoms. The molecule has 0 aliphatic heterocycles. The van der Waals surface area contributed by atoms with E-state index in [2.05, 4.69) is 0 Å². The molecule has 0 aliphatic carbocycles. The fourth-order valence-corrected chi connectivity index (χ4v) is 3.12. The van der Waals surface area contributed by atoms with Crippen LogP contribution in [0.3, 0.4) is 0 Å². The summed E-state index contributed by atoms with van der Waals surface area (Å²) in [5, 5.41) is -0.0232. The molecular formula is C10H11Cl2F2NO2S. The van der Waals surface area contributed by atoms with Crippen molar-refractivity contribution >= 4 is 33.2 Å². The highest BCUT2D eigenvalue weighted by atomic mass is 35.5. The summed E-state index contributed by atoms with van der Waals surface area (Å²) in [6.45, 7) is -0.885. The van der Waals surface area contributed by atoms with E-state index in [0.717, 1.165) is 7.05 Å². The van der Waals surface area contributed by atoms with Crippen molar-refractivity contribution in [3.8, 4) is 0 Å². The Morgan fingerprint density at radius 2 is 2.00 bits per heavy atom. The zero-order chi connectivity index (χ0) is 13.9. The maximum Gasteiger partial charge on any atom is 0.252 e. The van der Waals surface area contributed by atoms with Crippen LogP contribution in [-0.4, -0.2) is 32.7 Å². The summed E-state index contributed by atoms with van der Waals surface area (Å²) in [5.41, 5.74) is 0.546. The molecule has 0 spiro atoms. The second kappa shape index (κ2) is 6.14. The first-order valence-electron chi connectivity index (χ1n) is 4.88. The SMILES string of the molecule is CN(CC(F)F)S(=O)(=O)c1cc(CCl)ccc1Cl. The van der Waals surface area contributed by atoms with Gasteiger partial charge in [-0.15, -0.1) is 11.6 Å². The van der Waals surface area contributed by atoms with Crippen LogP contribution in [0.25, 0.3) is 0 Å². The summed E-state index contributed by atoms with van der Waals surface area (Å²) >= 11 is 11.4. The van der Waals surface area contributed by atoms with Crippen molar-refractivity contribution in [3.05, 3.63) is 28.8 Å². The number of halogens is 4. The predicted octanol–water partition coefficient (Wildman–Crippen LogP) is 2.96. The number of alkyl halides is 3. The number of hydrogen-bond donors (Lipinski definition) is 0.